The molecule has 0 aliphatic rings. The number of amides is 1. The molecule has 3 aromatic rings. The van der Waals surface area contributed by atoms with Gasteiger partial charge in [-0.25, -0.2) is 9.97 Å². The van der Waals surface area contributed by atoms with Crippen LogP contribution in [-0.4, -0.2) is 43.5 Å². The van der Waals surface area contributed by atoms with E-state index < -0.39 is 0 Å². The molecule has 2 aromatic heterocycles. The number of nitrogens with zero attached hydrogens (tertiary/aromatic N) is 4. The van der Waals surface area contributed by atoms with Gasteiger partial charge in [-0.05, 0) is 30.2 Å². The fourth-order valence-corrected chi connectivity index (χ4v) is 2.82. The smallest absolute Gasteiger partial charge is 0.257 e. The highest BCUT2D eigenvalue weighted by atomic mass is 16.3. The molecule has 0 saturated heterocycles. The van der Waals surface area contributed by atoms with Crippen LogP contribution in [0.25, 0.3) is 0 Å². The van der Waals surface area contributed by atoms with Gasteiger partial charge in [0, 0.05) is 37.0 Å². The number of anilines is 2. The highest BCUT2D eigenvalue weighted by Crippen LogP contribution is 2.16. The zero-order chi connectivity index (χ0) is 19.8. The molecule has 0 radical (unpaired) electrons. The van der Waals surface area contributed by atoms with Crippen LogP contribution in [0.3, 0.4) is 0 Å². The van der Waals surface area contributed by atoms with E-state index in [9.17, 15) is 9.90 Å². The lowest BCUT2D eigenvalue weighted by Crippen LogP contribution is -2.41. The molecule has 28 heavy (non-hydrogen) atoms. The Morgan fingerprint density at radius 2 is 1.86 bits per heavy atom. The van der Waals surface area contributed by atoms with Gasteiger partial charge < -0.3 is 15.3 Å². The summed E-state index contributed by atoms with van der Waals surface area (Å²) in [6.07, 6.45) is 7.04. The van der Waals surface area contributed by atoms with Crippen LogP contribution >= 0.6 is 0 Å². The van der Waals surface area contributed by atoms with E-state index >= 15 is 0 Å². The van der Waals surface area contributed by atoms with Crippen LogP contribution in [0.1, 0.15) is 29.3 Å². The Kier molecular flexibility index (Phi) is 6.64. The van der Waals surface area contributed by atoms with Crippen molar-refractivity contribution in [2.75, 3.05) is 11.9 Å². The molecule has 2 heterocycles. The third-order valence-corrected chi connectivity index (χ3v) is 4.39. The number of aromatic nitrogens is 3. The van der Waals surface area contributed by atoms with Crippen molar-refractivity contribution in [1.29, 1.82) is 0 Å². The number of carbonyl (C=O) groups is 1. The summed E-state index contributed by atoms with van der Waals surface area (Å²) in [6.45, 7) is 2.18. The number of hydrogen-bond acceptors (Lipinski definition) is 6. The van der Waals surface area contributed by atoms with Gasteiger partial charge in [-0.1, -0.05) is 31.2 Å². The largest absolute Gasteiger partial charge is 0.394 e. The Hall–Kier alpha value is -3.32. The Labute approximate surface area is 164 Å². The summed E-state index contributed by atoms with van der Waals surface area (Å²) in [6, 6.07) is 13.0. The molecule has 7 nitrogen and oxygen atoms in total. The van der Waals surface area contributed by atoms with Crippen molar-refractivity contribution in [2.24, 2.45) is 0 Å². The summed E-state index contributed by atoms with van der Waals surface area (Å²) in [4.78, 5) is 27.3. The molecule has 0 saturated carbocycles. The van der Waals surface area contributed by atoms with Gasteiger partial charge in [0.25, 0.3) is 5.91 Å². The van der Waals surface area contributed by atoms with Gasteiger partial charge in [-0.2, -0.15) is 0 Å². The third kappa shape index (κ3) is 4.89. The average Bonchev–Trinajstić information content (AvgIpc) is 2.75. The first-order valence-electron chi connectivity index (χ1n) is 9.16. The van der Waals surface area contributed by atoms with E-state index in [1.807, 2.05) is 49.4 Å². The average molecular weight is 377 g/mol. The minimum absolute atomic E-state index is 0.114. The number of rotatable bonds is 8. The number of aliphatic hydroxyl groups is 1. The second-order valence-electron chi connectivity index (χ2n) is 6.33. The third-order valence-electron chi connectivity index (χ3n) is 4.39. The molecule has 2 N–H and O–H groups in total. The maximum absolute atomic E-state index is 13.1. The second-order valence-corrected chi connectivity index (χ2v) is 6.33. The minimum Gasteiger partial charge on any atom is -0.394 e. The van der Waals surface area contributed by atoms with Crippen molar-refractivity contribution < 1.29 is 9.90 Å². The fraction of sp³-hybridized carbons (Fsp3) is 0.238. The van der Waals surface area contributed by atoms with E-state index in [0.29, 0.717) is 24.5 Å². The first kappa shape index (κ1) is 19.4. The lowest BCUT2D eigenvalue weighted by Gasteiger charge is -2.30. The van der Waals surface area contributed by atoms with Gasteiger partial charge in [0.2, 0.25) is 5.95 Å². The van der Waals surface area contributed by atoms with E-state index in [4.69, 9.17) is 0 Å². The highest BCUT2D eigenvalue weighted by molar-refractivity contribution is 5.94. The summed E-state index contributed by atoms with van der Waals surface area (Å²) in [7, 11) is 0. The number of benzene rings is 1. The van der Waals surface area contributed by atoms with Gasteiger partial charge in [0.1, 0.15) is 0 Å². The van der Waals surface area contributed by atoms with Crippen molar-refractivity contribution in [3.05, 3.63) is 78.4 Å². The summed E-state index contributed by atoms with van der Waals surface area (Å²) >= 11 is 0. The van der Waals surface area contributed by atoms with Gasteiger partial charge in [0.05, 0.1) is 18.2 Å². The number of aliphatic hydroxyl groups excluding tert-OH is 1. The molecule has 0 fully saturated rings. The summed E-state index contributed by atoms with van der Waals surface area (Å²) in [5, 5.41) is 12.8. The molecule has 1 atom stereocenters. The monoisotopic (exact) mass is 377 g/mol. The molecular formula is C21H23N5O2. The maximum atomic E-state index is 13.1. The molecule has 3 rings (SSSR count). The van der Waals surface area contributed by atoms with E-state index in [1.165, 1.54) is 12.4 Å². The number of carbonyl (C=O) groups excluding carboxylic acids is 1. The van der Waals surface area contributed by atoms with Crippen molar-refractivity contribution >= 4 is 17.5 Å². The number of nitrogens with one attached hydrogen (secondary N) is 1. The highest BCUT2D eigenvalue weighted by Gasteiger charge is 2.24. The molecule has 1 amide bonds. The van der Waals surface area contributed by atoms with Crippen LogP contribution in [0.5, 0.6) is 0 Å². The van der Waals surface area contributed by atoms with Crippen LogP contribution in [0.4, 0.5) is 11.6 Å². The molecule has 0 aliphatic heterocycles. The Morgan fingerprint density at radius 3 is 2.46 bits per heavy atom. The minimum atomic E-state index is -0.296. The van der Waals surface area contributed by atoms with Crippen LogP contribution < -0.4 is 5.32 Å². The van der Waals surface area contributed by atoms with Crippen LogP contribution in [0.2, 0.25) is 0 Å². The summed E-state index contributed by atoms with van der Waals surface area (Å²) in [5.74, 6) is 0.187. The van der Waals surface area contributed by atoms with E-state index in [0.717, 1.165) is 11.3 Å². The van der Waals surface area contributed by atoms with Gasteiger partial charge in [-0.3, -0.25) is 9.78 Å². The van der Waals surface area contributed by atoms with Gasteiger partial charge in [0.15, 0.2) is 0 Å². The molecule has 0 spiro atoms. The summed E-state index contributed by atoms with van der Waals surface area (Å²) < 4.78 is 0. The van der Waals surface area contributed by atoms with Crippen LogP contribution in [0, 0.1) is 0 Å². The van der Waals surface area contributed by atoms with E-state index in [2.05, 4.69) is 20.3 Å². The van der Waals surface area contributed by atoms with Crippen molar-refractivity contribution in [1.82, 2.24) is 19.9 Å². The number of hydrogen-bond donors (Lipinski definition) is 2. The predicted octanol–water partition coefficient (Wildman–Crippen LogP) is 3.03. The van der Waals surface area contributed by atoms with E-state index in [-0.39, 0.29) is 18.6 Å². The van der Waals surface area contributed by atoms with Gasteiger partial charge >= 0.3 is 0 Å². The fourth-order valence-electron chi connectivity index (χ4n) is 2.82. The normalized spacial score (nSPS) is 11.6. The molecule has 0 aliphatic carbocycles. The molecular weight excluding hydrogens is 354 g/mol. The van der Waals surface area contributed by atoms with Crippen molar-refractivity contribution in [3.63, 3.8) is 0 Å². The zero-order valence-corrected chi connectivity index (χ0v) is 15.7. The zero-order valence-electron chi connectivity index (χ0n) is 15.7. The number of para-hydroxylation sites is 1. The second kappa shape index (κ2) is 9.57. The SMILES string of the molecule is CC[C@H](CO)N(Cc1cccnc1)C(=O)c1cnc(Nc2ccccc2)nc1. The van der Waals surface area contributed by atoms with Crippen molar-refractivity contribution in [3.8, 4) is 0 Å². The lowest BCUT2D eigenvalue weighted by atomic mass is 10.1. The van der Waals surface area contributed by atoms with E-state index in [1.54, 1.807) is 17.3 Å². The quantitative estimate of drug-likeness (QED) is 0.627. The molecule has 1 aromatic carbocycles. The Balaban J connectivity index is 1.77. The standard InChI is InChI=1S/C21H23N5O2/c1-2-19(15-27)26(14-16-7-6-10-22-11-16)20(28)17-12-23-21(24-13-17)25-18-8-4-3-5-9-18/h3-13,19,27H,2,14-15H2,1H3,(H,23,24,25)/t19-/m1/s1. The molecule has 0 bridgehead atoms. The van der Waals surface area contributed by atoms with Gasteiger partial charge in [-0.15, -0.1) is 0 Å². The first-order chi connectivity index (χ1) is 13.7. The first-order valence-corrected chi connectivity index (χ1v) is 9.16. The van der Waals surface area contributed by atoms with Crippen molar-refractivity contribution in [2.45, 2.75) is 25.9 Å². The molecule has 144 valence electrons. The lowest BCUT2D eigenvalue weighted by molar-refractivity contribution is 0.0562. The summed E-state index contributed by atoms with van der Waals surface area (Å²) in [5.41, 5.74) is 2.13. The Bertz CT molecular complexity index is 868. The topological polar surface area (TPSA) is 91.2 Å². The number of pyridine rings is 1. The molecule has 7 heteroatoms. The Morgan fingerprint density at radius 1 is 1.11 bits per heavy atom. The predicted molar refractivity (Wildman–Crippen MR) is 107 cm³/mol. The van der Waals surface area contributed by atoms with Crippen LogP contribution in [-0.2, 0) is 6.54 Å². The van der Waals surface area contributed by atoms with Crippen LogP contribution in [0.15, 0.2) is 67.3 Å². The molecule has 0 unspecified atom stereocenters. The maximum Gasteiger partial charge on any atom is 0.257 e.